The number of amides is 1. The fourth-order valence-corrected chi connectivity index (χ4v) is 4.85. The minimum Gasteiger partial charge on any atom is -0.491 e. The summed E-state index contributed by atoms with van der Waals surface area (Å²) in [6.45, 7) is 6.61. The highest BCUT2D eigenvalue weighted by atomic mass is 32.2. The van der Waals surface area contributed by atoms with Gasteiger partial charge in [0.15, 0.2) is 6.10 Å². The van der Waals surface area contributed by atoms with Gasteiger partial charge in [0.1, 0.15) is 18.1 Å². The summed E-state index contributed by atoms with van der Waals surface area (Å²) in [5.41, 5.74) is 1.28. The van der Waals surface area contributed by atoms with E-state index < -0.39 is 16.1 Å². The molecule has 1 aliphatic heterocycles. The Morgan fingerprint density at radius 3 is 2.59 bits per heavy atom. The summed E-state index contributed by atoms with van der Waals surface area (Å²) in [4.78, 5) is 12.8. The van der Waals surface area contributed by atoms with Crippen molar-refractivity contribution < 1.29 is 22.7 Å². The molecule has 3 aromatic rings. The van der Waals surface area contributed by atoms with E-state index >= 15 is 0 Å². The molecule has 1 heterocycles. The molecular weight excluding hydrogens is 452 g/mol. The van der Waals surface area contributed by atoms with Crippen LogP contribution in [-0.2, 0) is 20.2 Å². The number of rotatable bonds is 6. The number of sulfonamides is 1. The number of benzene rings is 3. The lowest BCUT2D eigenvalue weighted by Gasteiger charge is -2.35. The first-order valence-corrected chi connectivity index (χ1v) is 13.1. The first kappa shape index (κ1) is 23.9. The van der Waals surface area contributed by atoms with Crippen LogP contribution < -0.4 is 19.1 Å². The first-order chi connectivity index (χ1) is 16.0. The molecule has 0 aromatic heterocycles. The van der Waals surface area contributed by atoms with Gasteiger partial charge in [-0.3, -0.25) is 9.10 Å². The van der Waals surface area contributed by atoms with Crippen molar-refractivity contribution in [1.29, 1.82) is 0 Å². The second-order valence-electron chi connectivity index (χ2n) is 9.45. The molecular formula is C26H30N2O5S. The maximum Gasteiger partial charge on any atom is 0.263 e. The largest absolute Gasteiger partial charge is 0.491 e. The minimum atomic E-state index is -3.60. The second kappa shape index (κ2) is 9.18. The van der Waals surface area contributed by atoms with E-state index in [9.17, 15) is 13.2 Å². The molecule has 0 radical (unpaired) electrons. The van der Waals surface area contributed by atoms with Gasteiger partial charge in [0.05, 0.1) is 25.0 Å². The lowest BCUT2D eigenvalue weighted by Crippen LogP contribution is -2.51. The summed E-state index contributed by atoms with van der Waals surface area (Å²) in [7, 11) is -3.60. The number of ether oxygens (including phenoxy) is 2. The van der Waals surface area contributed by atoms with Crippen molar-refractivity contribution in [2.75, 3.05) is 30.3 Å². The van der Waals surface area contributed by atoms with Crippen molar-refractivity contribution in [2.24, 2.45) is 0 Å². The highest BCUT2D eigenvalue weighted by Gasteiger charge is 2.35. The van der Waals surface area contributed by atoms with Crippen LogP contribution in [0, 0.1) is 0 Å². The van der Waals surface area contributed by atoms with Gasteiger partial charge in [0.2, 0.25) is 10.0 Å². The van der Waals surface area contributed by atoms with Crippen LogP contribution in [0.5, 0.6) is 11.5 Å². The topological polar surface area (TPSA) is 84.9 Å². The molecule has 0 aliphatic carbocycles. The van der Waals surface area contributed by atoms with Crippen LogP contribution in [0.15, 0.2) is 60.7 Å². The third-order valence-corrected chi connectivity index (χ3v) is 6.94. The van der Waals surface area contributed by atoms with Crippen LogP contribution in [-0.4, -0.2) is 46.4 Å². The van der Waals surface area contributed by atoms with E-state index in [4.69, 9.17) is 9.47 Å². The fourth-order valence-electron chi connectivity index (χ4n) is 3.94. The molecule has 1 N–H and O–H groups in total. The zero-order valence-corrected chi connectivity index (χ0v) is 20.7. The zero-order chi connectivity index (χ0) is 24.5. The number of carbonyl (C=O) groups is 1. The Kier molecular flexibility index (Phi) is 6.45. The Bertz CT molecular complexity index is 1310. The van der Waals surface area contributed by atoms with E-state index in [2.05, 4.69) is 26.1 Å². The van der Waals surface area contributed by atoms with Gasteiger partial charge in [0, 0.05) is 5.39 Å². The van der Waals surface area contributed by atoms with E-state index in [1.165, 1.54) is 4.31 Å². The number of nitrogens with one attached hydrogen (secondary N) is 1. The van der Waals surface area contributed by atoms with E-state index in [1.807, 2.05) is 54.6 Å². The third-order valence-electron chi connectivity index (χ3n) is 5.80. The number of nitrogens with zero attached hydrogens (tertiary/aromatic N) is 1. The normalized spacial score (nSPS) is 16.0. The Balaban J connectivity index is 1.42. The molecule has 8 heteroatoms. The SMILES string of the molecule is CC(C)(C)c1ccc2c(c1)N(S(C)(=O)=O)C[C@H](C(=O)NCCOc1cccc3ccccc13)O2. The third kappa shape index (κ3) is 5.12. The number of hydrogen-bond acceptors (Lipinski definition) is 5. The molecule has 7 nitrogen and oxygen atoms in total. The van der Waals surface area contributed by atoms with Crippen LogP contribution in [0.4, 0.5) is 5.69 Å². The maximum absolute atomic E-state index is 12.8. The Labute approximate surface area is 200 Å². The monoisotopic (exact) mass is 482 g/mol. The Morgan fingerprint density at radius 1 is 1.12 bits per heavy atom. The van der Waals surface area contributed by atoms with Crippen molar-refractivity contribution >= 4 is 32.4 Å². The number of carbonyl (C=O) groups excluding carboxylic acids is 1. The van der Waals surface area contributed by atoms with Gasteiger partial charge in [0.25, 0.3) is 5.91 Å². The Morgan fingerprint density at radius 2 is 1.85 bits per heavy atom. The smallest absolute Gasteiger partial charge is 0.263 e. The van der Waals surface area contributed by atoms with Gasteiger partial charge >= 0.3 is 0 Å². The van der Waals surface area contributed by atoms with Crippen LogP contribution in [0.2, 0.25) is 0 Å². The molecule has 1 atom stereocenters. The summed E-state index contributed by atoms with van der Waals surface area (Å²) in [5, 5.41) is 4.88. The van der Waals surface area contributed by atoms with Gasteiger partial charge in [-0.2, -0.15) is 0 Å². The predicted molar refractivity (Wildman–Crippen MR) is 134 cm³/mol. The predicted octanol–water partition coefficient (Wildman–Crippen LogP) is 3.86. The minimum absolute atomic E-state index is 0.0879. The first-order valence-electron chi connectivity index (χ1n) is 11.2. The zero-order valence-electron chi connectivity index (χ0n) is 19.9. The summed E-state index contributed by atoms with van der Waals surface area (Å²) >= 11 is 0. The molecule has 0 saturated carbocycles. The molecule has 1 aliphatic rings. The van der Waals surface area contributed by atoms with E-state index in [0.717, 1.165) is 28.3 Å². The van der Waals surface area contributed by atoms with E-state index in [1.54, 1.807) is 6.07 Å². The van der Waals surface area contributed by atoms with Gasteiger partial charge in [-0.25, -0.2) is 8.42 Å². The number of hydrogen-bond donors (Lipinski definition) is 1. The maximum atomic E-state index is 12.8. The Hall–Kier alpha value is -3.26. The van der Waals surface area contributed by atoms with Crippen LogP contribution in [0.1, 0.15) is 26.3 Å². The average Bonchev–Trinajstić information content (AvgIpc) is 2.79. The number of fused-ring (bicyclic) bond motifs is 2. The van der Waals surface area contributed by atoms with Crippen LogP contribution >= 0.6 is 0 Å². The quantitative estimate of drug-likeness (QED) is 0.540. The summed E-state index contributed by atoms with van der Waals surface area (Å²) in [6, 6.07) is 19.2. The molecule has 0 unspecified atom stereocenters. The standard InChI is InChI=1S/C26H30N2O5S/c1-26(2,3)19-12-13-23-21(16-19)28(34(4,30)31)17-24(33-23)25(29)27-14-15-32-22-11-7-9-18-8-5-6-10-20(18)22/h5-13,16,24H,14-15,17H2,1-4H3,(H,27,29)/t24-/m1/s1. The molecule has 180 valence electrons. The average molecular weight is 483 g/mol. The van der Waals surface area contributed by atoms with Crippen molar-refractivity contribution in [3.05, 3.63) is 66.2 Å². The molecule has 0 bridgehead atoms. The lowest BCUT2D eigenvalue weighted by atomic mass is 9.86. The molecule has 4 rings (SSSR count). The highest BCUT2D eigenvalue weighted by Crippen LogP contribution is 2.38. The van der Waals surface area contributed by atoms with Crippen molar-refractivity contribution in [2.45, 2.75) is 32.3 Å². The van der Waals surface area contributed by atoms with Gasteiger partial charge in [-0.1, -0.05) is 63.2 Å². The van der Waals surface area contributed by atoms with E-state index in [0.29, 0.717) is 11.4 Å². The highest BCUT2D eigenvalue weighted by molar-refractivity contribution is 7.92. The van der Waals surface area contributed by atoms with Crippen molar-refractivity contribution in [1.82, 2.24) is 5.32 Å². The summed E-state index contributed by atoms with van der Waals surface area (Å²) < 4.78 is 38.1. The summed E-state index contributed by atoms with van der Waals surface area (Å²) in [5.74, 6) is 0.727. The molecule has 1 amide bonds. The fraction of sp³-hybridized carbons (Fsp3) is 0.346. The molecule has 0 spiro atoms. The van der Waals surface area contributed by atoms with E-state index in [-0.39, 0.29) is 31.0 Å². The van der Waals surface area contributed by atoms with Crippen molar-refractivity contribution in [3.8, 4) is 11.5 Å². The molecule has 0 fully saturated rings. The number of anilines is 1. The van der Waals surface area contributed by atoms with Crippen LogP contribution in [0.25, 0.3) is 10.8 Å². The van der Waals surface area contributed by atoms with Gasteiger partial charge in [-0.15, -0.1) is 0 Å². The summed E-state index contributed by atoms with van der Waals surface area (Å²) in [6.07, 6.45) is 0.180. The van der Waals surface area contributed by atoms with Crippen molar-refractivity contribution in [3.63, 3.8) is 0 Å². The van der Waals surface area contributed by atoms with Gasteiger partial charge in [-0.05, 0) is 34.6 Å². The van der Waals surface area contributed by atoms with Gasteiger partial charge < -0.3 is 14.8 Å². The van der Waals surface area contributed by atoms with Crippen LogP contribution in [0.3, 0.4) is 0 Å². The second-order valence-corrected chi connectivity index (χ2v) is 11.4. The molecule has 34 heavy (non-hydrogen) atoms. The lowest BCUT2D eigenvalue weighted by molar-refractivity contribution is -0.127. The molecule has 3 aromatic carbocycles. The molecule has 0 saturated heterocycles.